The van der Waals surface area contributed by atoms with Crippen molar-refractivity contribution in [3.05, 3.63) is 29.8 Å². The minimum Gasteiger partial charge on any atom is -0.478 e. The van der Waals surface area contributed by atoms with Crippen molar-refractivity contribution in [1.29, 1.82) is 5.26 Å². The van der Waals surface area contributed by atoms with Crippen LogP contribution < -0.4 is 10.5 Å². The van der Waals surface area contributed by atoms with E-state index in [-0.39, 0.29) is 12.6 Å². The Morgan fingerprint density at radius 2 is 2.20 bits per heavy atom. The molecule has 2 N–H and O–H groups in total. The molecule has 0 saturated carbocycles. The minimum absolute atomic E-state index is 0.0817. The first-order valence-electron chi connectivity index (χ1n) is 5.11. The summed E-state index contributed by atoms with van der Waals surface area (Å²) in [5.74, 6) is 0.767. The summed E-state index contributed by atoms with van der Waals surface area (Å²) >= 11 is 0. The van der Waals surface area contributed by atoms with Crippen molar-refractivity contribution in [1.82, 2.24) is 0 Å². The molecule has 0 amide bonds. The lowest BCUT2D eigenvalue weighted by Crippen LogP contribution is -2.21. The zero-order valence-corrected chi connectivity index (χ0v) is 8.94. The summed E-state index contributed by atoms with van der Waals surface area (Å²) in [6.45, 7) is 2.14. The number of ether oxygens (including phenoxy) is 1. The van der Waals surface area contributed by atoms with Gasteiger partial charge in [0.05, 0.1) is 0 Å². The Balaban J connectivity index is 2.73. The van der Waals surface area contributed by atoms with Gasteiger partial charge in [0, 0.05) is 6.04 Å². The van der Waals surface area contributed by atoms with Crippen molar-refractivity contribution in [3.8, 4) is 11.8 Å². The third-order valence-corrected chi connectivity index (χ3v) is 2.27. The molecule has 0 aromatic heterocycles. The Labute approximate surface area is 90.5 Å². The first-order chi connectivity index (χ1) is 7.27. The minimum atomic E-state index is 0.0817. The van der Waals surface area contributed by atoms with Crippen LogP contribution in [0.3, 0.4) is 0 Å². The summed E-state index contributed by atoms with van der Waals surface area (Å²) in [5.41, 5.74) is 6.95. The summed E-state index contributed by atoms with van der Waals surface area (Å²) in [5, 5.41) is 8.45. The molecule has 15 heavy (non-hydrogen) atoms. The van der Waals surface area contributed by atoms with E-state index in [4.69, 9.17) is 15.7 Å². The monoisotopic (exact) mass is 204 g/mol. The van der Waals surface area contributed by atoms with E-state index in [1.54, 1.807) is 0 Å². The standard InChI is InChI=1S/C12H16N2O/c1-2-11(14)9-10-5-3-4-6-12(10)15-8-7-13/h3-6,11H,2,8-9,14H2,1H3. The molecular formula is C12H16N2O. The molecule has 0 spiro atoms. The normalized spacial score (nSPS) is 11.8. The van der Waals surface area contributed by atoms with Crippen molar-refractivity contribution in [3.63, 3.8) is 0 Å². The quantitative estimate of drug-likeness (QED) is 0.796. The molecule has 0 saturated heterocycles. The molecule has 1 aromatic carbocycles. The number of nitriles is 1. The Kier molecular flexibility index (Phi) is 4.65. The van der Waals surface area contributed by atoms with Gasteiger partial charge >= 0.3 is 0 Å². The maximum atomic E-state index is 8.45. The Morgan fingerprint density at radius 1 is 1.47 bits per heavy atom. The third-order valence-electron chi connectivity index (χ3n) is 2.27. The molecule has 0 aliphatic rings. The van der Waals surface area contributed by atoms with Gasteiger partial charge in [-0.15, -0.1) is 0 Å². The van der Waals surface area contributed by atoms with E-state index in [0.717, 1.165) is 24.2 Å². The fraction of sp³-hybridized carbons (Fsp3) is 0.417. The lowest BCUT2D eigenvalue weighted by molar-refractivity contribution is 0.362. The van der Waals surface area contributed by atoms with Gasteiger partial charge in [-0.2, -0.15) is 5.26 Å². The molecule has 3 nitrogen and oxygen atoms in total. The molecular weight excluding hydrogens is 188 g/mol. The highest BCUT2D eigenvalue weighted by atomic mass is 16.5. The van der Waals surface area contributed by atoms with E-state index in [1.165, 1.54) is 0 Å². The van der Waals surface area contributed by atoms with Gasteiger partial charge in [0.25, 0.3) is 0 Å². The van der Waals surface area contributed by atoms with Crippen molar-refractivity contribution in [2.75, 3.05) is 6.61 Å². The molecule has 0 heterocycles. The van der Waals surface area contributed by atoms with Crippen LogP contribution in [0, 0.1) is 11.3 Å². The number of nitrogens with zero attached hydrogens (tertiary/aromatic N) is 1. The predicted molar refractivity (Wildman–Crippen MR) is 59.5 cm³/mol. The number of rotatable bonds is 5. The van der Waals surface area contributed by atoms with E-state index in [9.17, 15) is 0 Å². The van der Waals surface area contributed by atoms with Crippen LogP contribution in [0.5, 0.6) is 5.75 Å². The number of para-hydroxylation sites is 1. The Morgan fingerprint density at radius 3 is 2.87 bits per heavy atom. The van der Waals surface area contributed by atoms with Crippen molar-refractivity contribution in [2.24, 2.45) is 5.73 Å². The van der Waals surface area contributed by atoms with Crippen LogP contribution in [-0.2, 0) is 6.42 Å². The SMILES string of the molecule is CCC(N)Cc1ccccc1OCC#N. The van der Waals surface area contributed by atoms with E-state index < -0.39 is 0 Å². The van der Waals surface area contributed by atoms with Crippen LogP contribution in [0.15, 0.2) is 24.3 Å². The lowest BCUT2D eigenvalue weighted by Gasteiger charge is -2.12. The lowest BCUT2D eigenvalue weighted by atomic mass is 10.0. The topological polar surface area (TPSA) is 59.0 Å². The largest absolute Gasteiger partial charge is 0.478 e. The first-order valence-corrected chi connectivity index (χ1v) is 5.11. The number of benzene rings is 1. The highest BCUT2D eigenvalue weighted by Crippen LogP contribution is 2.19. The molecule has 1 aromatic rings. The average molecular weight is 204 g/mol. The van der Waals surface area contributed by atoms with E-state index in [1.807, 2.05) is 30.3 Å². The smallest absolute Gasteiger partial charge is 0.174 e. The van der Waals surface area contributed by atoms with E-state index in [2.05, 4.69) is 6.92 Å². The Bertz CT molecular complexity index is 344. The molecule has 1 unspecified atom stereocenters. The number of hydrogen-bond donors (Lipinski definition) is 1. The maximum absolute atomic E-state index is 8.45. The van der Waals surface area contributed by atoms with Gasteiger partial charge in [-0.3, -0.25) is 0 Å². The molecule has 3 heteroatoms. The molecule has 0 aliphatic carbocycles. The molecule has 1 atom stereocenters. The van der Waals surface area contributed by atoms with Gasteiger partial charge < -0.3 is 10.5 Å². The predicted octanol–water partition coefficient (Wildman–Crippen LogP) is 1.87. The average Bonchev–Trinajstić information content (AvgIpc) is 2.28. The molecule has 0 aliphatic heterocycles. The van der Waals surface area contributed by atoms with Crippen LogP contribution >= 0.6 is 0 Å². The molecule has 1 rings (SSSR count). The van der Waals surface area contributed by atoms with Crippen LogP contribution in [-0.4, -0.2) is 12.6 Å². The molecule has 0 bridgehead atoms. The van der Waals surface area contributed by atoms with E-state index in [0.29, 0.717) is 0 Å². The fourth-order valence-electron chi connectivity index (χ4n) is 1.35. The van der Waals surface area contributed by atoms with E-state index >= 15 is 0 Å². The molecule has 0 radical (unpaired) electrons. The van der Waals surface area contributed by atoms with Gasteiger partial charge in [0.2, 0.25) is 0 Å². The highest BCUT2D eigenvalue weighted by molar-refractivity contribution is 5.34. The highest BCUT2D eigenvalue weighted by Gasteiger charge is 2.06. The van der Waals surface area contributed by atoms with Gasteiger partial charge in [-0.25, -0.2) is 0 Å². The first kappa shape index (κ1) is 11.5. The second kappa shape index (κ2) is 6.05. The number of hydrogen-bond acceptors (Lipinski definition) is 3. The summed E-state index contributed by atoms with van der Waals surface area (Å²) in [4.78, 5) is 0. The van der Waals surface area contributed by atoms with Crippen molar-refractivity contribution < 1.29 is 4.74 Å². The third kappa shape index (κ3) is 3.61. The van der Waals surface area contributed by atoms with Gasteiger partial charge in [-0.1, -0.05) is 25.1 Å². The van der Waals surface area contributed by atoms with Crippen LogP contribution in [0.4, 0.5) is 0 Å². The van der Waals surface area contributed by atoms with Gasteiger partial charge in [0.1, 0.15) is 11.8 Å². The zero-order chi connectivity index (χ0) is 11.1. The number of nitrogens with two attached hydrogens (primary N) is 1. The summed E-state index contributed by atoms with van der Waals surface area (Å²) in [6, 6.07) is 9.82. The summed E-state index contributed by atoms with van der Waals surface area (Å²) < 4.78 is 5.32. The molecule has 80 valence electrons. The van der Waals surface area contributed by atoms with Crippen LogP contribution in [0.1, 0.15) is 18.9 Å². The summed E-state index contributed by atoms with van der Waals surface area (Å²) in [7, 11) is 0. The van der Waals surface area contributed by atoms with Gasteiger partial charge in [-0.05, 0) is 24.5 Å². The second-order valence-corrected chi connectivity index (χ2v) is 3.43. The van der Waals surface area contributed by atoms with Crippen LogP contribution in [0.2, 0.25) is 0 Å². The molecule has 0 fully saturated rings. The van der Waals surface area contributed by atoms with Gasteiger partial charge in [0.15, 0.2) is 6.61 Å². The van der Waals surface area contributed by atoms with Crippen molar-refractivity contribution in [2.45, 2.75) is 25.8 Å². The van der Waals surface area contributed by atoms with Crippen molar-refractivity contribution >= 4 is 0 Å². The maximum Gasteiger partial charge on any atom is 0.174 e. The Hall–Kier alpha value is -1.53. The summed E-state index contributed by atoms with van der Waals surface area (Å²) in [6.07, 6.45) is 1.73. The fourth-order valence-corrected chi connectivity index (χ4v) is 1.35. The second-order valence-electron chi connectivity index (χ2n) is 3.43. The van der Waals surface area contributed by atoms with Crippen LogP contribution in [0.25, 0.3) is 0 Å². The zero-order valence-electron chi connectivity index (χ0n) is 8.94.